The Morgan fingerprint density at radius 2 is 1.83 bits per heavy atom. The lowest BCUT2D eigenvalue weighted by molar-refractivity contribution is -0.138. The number of amides is 5. The van der Waals surface area contributed by atoms with Crippen LogP contribution >= 0.6 is 11.8 Å². The molecule has 9 N–H and O–H groups in total. The predicted octanol–water partition coefficient (Wildman–Crippen LogP) is -0.482. The topological polar surface area (TPSA) is 235 Å². The van der Waals surface area contributed by atoms with Gasteiger partial charge in [0.25, 0.3) is 6.47 Å². The van der Waals surface area contributed by atoms with Crippen LogP contribution in [0.4, 0.5) is 5.69 Å². The number of likely N-dealkylation sites (tertiary alicyclic amines) is 1. The fourth-order valence-electron chi connectivity index (χ4n) is 4.69. The van der Waals surface area contributed by atoms with Crippen LogP contribution in [0.15, 0.2) is 24.3 Å². The van der Waals surface area contributed by atoms with Crippen molar-refractivity contribution >= 4 is 53.5 Å². The summed E-state index contributed by atoms with van der Waals surface area (Å²) in [6.07, 6.45) is 0.463. The highest BCUT2D eigenvalue weighted by Crippen LogP contribution is 2.25. The lowest BCUT2D eigenvalue weighted by atomic mass is 10.0. The lowest BCUT2D eigenvalue weighted by Gasteiger charge is -2.25. The smallest absolute Gasteiger partial charge is 0.293 e. The Morgan fingerprint density at radius 3 is 2.46 bits per heavy atom. The van der Waals surface area contributed by atoms with E-state index in [-0.39, 0.29) is 62.6 Å². The van der Waals surface area contributed by atoms with Gasteiger partial charge >= 0.3 is 0 Å². The highest BCUT2D eigenvalue weighted by Gasteiger charge is 2.38. The Bertz CT molecular complexity index is 1170. The van der Waals surface area contributed by atoms with Crippen molar-refractivity contribution in [3.05, 3.63) is 29.8 Å². The van der Waals surface area contributed by atoms with Gasteiger partial charge in [-0.15, -0.1) is 11.8 Å². The Labute approximate surface area is 273 Å². The Hall–Kier alpha value is -3.57. The number of anilines is 1. The fourth-order valence-corrected chi connectivity index (χ4v) is 5.65. The number of aliphatic hydroxyl groups is 1. The molecule has 1 aliphatic rings. The molecular formula is C30H47N7O8S. The minimum absolute atomic E-state index is 0.0863. The normalized spacial score (nSPS) is 16.6. The van der Waals surface area contributed by atoms with Crippen molar-refractivity contribution in [3.63, 3.8) is 0 Å². The third-order valence-electron chi connectivity index (χ3n) is 7.14. The third kappa shape index (κ3) is 13.4. The van der Waals surface area contributed by atoms with E-state index >= 15 is 0 Å². The number of ether oxygens (including phenoxy) is 1. The third-order valence-corrected chi connectivity index (χ3v) is 8.38. The molecule has 256 valence electrons. The number of carbonyl (C=O) groups is 6. The molecule has 5 amide bonds. The number of nitrogens with one attached hydrogen (secondary N) is 4. The summed E-state index contributed by atoms with van der Waals surface area (Å²) >= 11 is 1.37. The first-order chi connectivity index (χ1) is 22.0. The van der Waals surface area contributed by atoms with Crippen LogP contribution < -0.4 is 32.7 Å². The van der Waals surface area contributed by atoms with Crippen molar-refractivity contribution in [1.82, 2.24) is 20.9 Å². The Balaban J connectivity index is 1.94. The molecule has 0 aromatic heterocycles. The van der Waals surface area contributed by atoms with E-state index in [9.17, 15) is 33.9 Å². The zero-order valence-electron chi connectivity index (χ0n) is 26.4. The van der Waals surface area contributed by atoms with E-state index in [2.05, 4.69) is 21.3 Å². The number of unbranched alkanes of at least 4 members (excludes halogenated alkanes) is 1. The van der Waals surface area contributed by atoms with E-state index in [0.717, 1.165) is 5.56 Å². The van der Waals surface area contributed by atoms with Gasteiger partial charge in [0.15, 0.2) is 6.35 Å². The number of nitrogens with two attached hydrogens (primary N) is 2. The van der Waals surface area contributed by atoms with Crippen LogP contribution in [0.3, 0.4) is 0 Å². The first kappa shape index (κ1) is 38.6. The first-order valence-corrected chi connectivity index (χ1v) is 16.4. The average molecular weight is 666 g/mol. The van der Waals surface area contributed by atoms with Crippen molar-refractivity contribution < 1.29 is 38.6 Å². The fraction of sp³-hybridized carbons (Fsp3) is 0.600. The summed E-state index contributed by atoms with van der Waals surface area (Å²) in [6.45, 7) is 4.91. The van der Waals surface area contributed by atoms with Gasteiger partial charge in [-0.05, 0) is 55.8 Å². The molecule has 0 saturated carbocycles. The molecule has 4 atom stereocenters. The van der Waals surface area contributed by atoms with E-state index in [1.165, 1.54) is 16.7 Å². The zero-order valence-corrected chi connectivity index (χ0v) is 27.2. The number of thioether (sulfide) groups is 1. The van der Waals surface area contributed by atoms with Gasteiger partial charge in [0.1, 0.15) is 18.7 Å². The van der Waals surface area contributed by atoms with Crippen LogP contribution in [-0.4, -0.2) is 95.1 Å². The zero-order chi connectivity index (χ0) is 34.1. The summed E-state index contributed by atoms with van der Waals surface area (Å²) < 4.78 is 4.73. The average Bonchev–Trinajstić information content (AvgIpc) is 3.28. The molecule has 2 rings (SSSR count). The molecule has 1 fully saturated rings. The molecule has 46 heavy (non-hydrogen) atoms. The quantitative estimate of drug-likeness (QED) is 0.0360. The molecule has 1 saturated heterocycles. The monoisotopic (exact) mass is 665 g/mol. The molecule has 15 nitrogen and oxygen atoms in total. The largest absolute Gasteiger partial charge is 0.463 e. The second-order valence-electron chi connectivity index (χ2n) is 11.2. The second-order valence-corrected chi connectivity index (χ2v) is 12.5. The molecule has 1 aromatic rings. The highest BCUT2D eigenvalue weighted by molar-refractivity contribution is 8.00. The van der Waals surface area contributed by atoms with Crippen molar-refractivity contribution in [2.75, 3.05) is 30.7 Å². The van der Waals surface area contributed by atoms with Crippen LogP contribution in [0.1, 0.15) is 57.9 Å². The molecule has 0 radical (unpaired) electrons. The first-order valence-electron chi connectivity index (χ1n) is 15.3. The maximum Gasteiger partial charge on any atom is 0.293 e. The predicted molar refractivity (Wildman–Crippen MR) is 173 cm³/mol. The molecule has 0 bridgehead atoms. The van der Waals surface area contributed by atoms with Crippen LogP contribution in [-0.2, 0) is 40.1 Å². The van der Waals surface area contributed by atoms with Gasteiger partial charge in [-0.25, -0.2) is 0 Å². The van der Waals surface area contributed by atoms with Crippen molar-refractivity contribution in [3.8, 4) is 0 Å². The SMILES string of the molecule is CC(C)[C@H](NC(=O)CCCCN1C(=O)CC(SCCN)C1=O)C(=O)N[C@@H](CCCNC(N)O)C(=O)Nc1ccc(COC=O)cc1. The van der Waals surface area contributed by atoms with Crippen molar-refractivity contribution in [1.29, 1.82) is 0 Å². The van der Waals surface area contributed by atoms with E-state index in [4.69, 9.17) is 16.2 Å². The molecule has 1 aliphatic heterocycles. The molecule has 1 aromatic carbocycles. The number of rotatable bonds is 22. The van der Waals surface area contributed by atoms with Crippen LogP contribution in [0.25, 0.3) is 0 Å². The van der Waals surface area contributed by atoms with Gasteiger partial charge in [-0.2, -0.15) is 0 Å². The Kier molecular flexibility index (Phi) is 17.2. The minimum atomic E-state index is -1.22. The summed E-state index contributed by atoms with van der Waals surface area (Å²) in [5, 5.41) is 19.8. The maximum absolute atomic E-state index is 13.3. The number of imide groups is 1. The van der Waals surface area contributed by atoms with Crippen LogP contribution in [0, 0.1) is 5.92 Å². The van der Waals surface area contributed by atoms with Crippen LogP contribution in [0.2, 0.25) is 0 Å². The van der Waals surface area contributed by atoms with E-state index in [0.29, 0.717) is 43.7 Å². The number of benzene rings is 1. The molecule has 2 unspecified atom stereocenters. The van der Waals surface area contributed by atoms with Crippen molar-refractivity contribution in [2.24, 2.45) is 17.4 Å². The Morgan fingerprint density at radius 1 is 1.11 bits per heavy atom. The lowest BCUT2D eigenvalue weighted by Crippen LogP contribution is -2.54. The molecular weight excluding hydrogens is 618 g/mol. The summed E-state index contributed by atoms with van der Waals surface area (Å²) in [5.41, 5.74) is 12.0. The molecule has 1 heterocycles. The number of aliphatic hydroxyl groups excluding tert-OH is 1. The highest BCUT2D eigenvalue weighted by atomic mass is 32.2. The minimum Gasteiger partial charge on any atom is -0.463 e. The summed E-state index contributed by atoms with van der Waals surface area (Å²) in [6, 6.07) is 4.75. The van der Waals surface area contributed by atoms with Gasteiger partial charge in [-0.3, -0.25) is 44.7 Å². The van der Waals surface area contributed by atoms with Gasteiger partial charge in [0, 0.05) is 37.4 Å². The van der Waals surface area contributed by atoms with Gasteiger partial charge in [-0.1, -0.05) is 26.0 Å². The molecule has 16 heteroatoms. The standard InChI is InChI=1S/C30H47N7O8S/c1-19(2)26(36-24(39)7-3-4-14-37-25(40)16-23(29(37)43)46-15-12-31)28(42)35-22(6-5-13-33-30(32)44)27(41)34-21-10-8-20(9-11-21)17-45-18-38/h8-11,18-19,22-23,26,30,33,44H,3-7,12-17,31-32H2,1-2H3,(H,34,41)(H,35,42)(H,36,39)/t22-,23?,26-,30?/m0/s1. The molecule has 0 spiro atoms. The number of hydrogen-bond donors (Lipinski definition) is 7. The summed E-state index contributed by atoms with van der Waals surface area (Å²) in [7, 11) is 0. The van der Waals surface area contributed by atoms with Gasteiger partial charge < -0.3 is 31.5 Å². The molecule has 0 aliphatic carbocycles. The number of carbonyl (C=O) groups excluding carboxylic acids is 6. The van der Waals surface area contributed by atoms with E-state index in [1.54, 1.807) is 38.1 Å². The van der Waals surface area contributed by atoms with Gasteiger partial charge in [0.2, 0.25) is 29.5 Å². The maximum atomic E-state index is 13.3. The van der Waals surface area contributed by atoms with E-state index < -0.39 is 35.5 Å². The summed E-state index contributed by atoms with van der Waals surface area (Å²) in [4.78, 5) is 75.7. The second kappa shape index (κ2) is 20.5. The van der Waals surface area contributed by atoms with Crippen LogP contribution in [0.5, 0.6) is 0 Å². The number of hydrogen-bond acceptors (Lipinski definition) is 12. The van der Waals surface area contributed by atoms with Crippen molar-refractivity contribution in [2.45, 2.75) is 82.7 Å². The summed E-state index contributed by atoms with van der Waals surface area (Å²) in [5.74, 6) is -1.55. The van der Waals surface area contributed by atoms with E-state index in [1.807, 2.05) is 0 Å². The van der Waals surface area contributed by atoms with Gasteiger partial charge in [0.05, 0.1) is 5.25 Å². The number of nitrogens with zero attached hydrogens (tertiary/aromatic N) is 1.